The third kappa shape index (κ3) is 3.86. The molecule has 28 heavy (non-hydrogen) atoms. The summed E-state index contributed by atoms with van der Waals surface area (Å²) in [5.41, 5.74) is 12.5. The zero-order valence-electron chi connectivity index (χ0n) is 17.5. The summed E-state index contributed by atoms with van der Waals surface area (Å²) in [6, 6.07) is 8.84. The molecule has 1 heterocycles. The summed E-state index contributed by atoms with van der Waals surface area (Å²) in [4.78, 5) is 7.10. The number of amidine groups is 1. The van der Waals surface area contributed by atoms with Crippen LogP contribution in [-0.4, -0.2) is 42.1 Å². The van der Waals surface area contributed by atoms with Gasteiger partial charge in [0, 0.05) is 25.2 Å². The van der Waals surface area contributed by atoms with Crippen molar-refractivity contribution in [2.75, 3.05) is 13.1 Å². The number of likely N-dealkylation sites (tertiary alicyclic amines) is 1. The van der Waals surface area contributed by atoms with Crippen molar-refractivity contribution < 1.29 is 0 Å². The Morgan fingerprint density at radius 1 is 1.36 bits per heavy atom. The molecule has 6 nitrogen and oxygen atoms in total. The Morgan fingerprint density at radius 2 is 2.04 bits per heavy atom. The predicted molar refractivity (Wildman–Crippen MR) is 117 cm³/mol. The Balaban J connectivity index is 1.69. The van der Waals surface area contributed by atoms with Crippen molar-refractivity contribution in [3.8, 4) is 0 Å². The number of fused-ring (bicyclic) bond motifs is 1. The number of piperidine rings is 1. The quantitative estimate of drug-likeness (QED) is 0.262. The molecule has 1 aliphatic carbocycles. The van der Waals surface area contributed by atoms with E-state index in [0.717, 1.165) is 44.6 Å². The minimum Gasteiger partial charge on any atom is -0.356 e. The maximum absolute atomic E-state index is 7.91. The van der Waals surface area contributed by atoms with Crippen molar-refractivity contribution in [2.24, 2.45) is 27.9 Å². The van der Waals surface area contributed by atoms with Gasteiger partial charge >= 0.3 is 0 Å². The van der Waals surface area contributed by atoms with Gasteiger partial charge in [0.15, 0.2) is 0 Å². The largest absolute Gasteiger partial charge is 0.356 e. The van der Waals surface area contributed by atoms with Gasteiger partial charge in [-0.1, -0.05) is 44.5 Å². The molecule has 6 heteroatoms. The van der Waals surface area contributed by atoms with E-state index >= 15 is 0 Å². The second-order valence-electron chi connectivity index (χ2n) is 8.65. The van der Waals surface area contributed by atoms with Crippen LogP contribution in [-0.2, 0) is 6.42 Å². The minimum atomic E-state index is 0.0189. The van der Waals surface area contributed by atoms with Crippen LogP contribution in [0, 0.1) is 16.7 Å². The molecule has 1 aliphatic heterocycles. The van der Waals surface area contributed by atoms with Crippen molar-refractivity contribution >= 4 is 12.1 Å². The first-order chi connectivity index (χ1) is 13.5. The molecule has 1 saturated heterocycles. The Labute approximate surface area is 169 Å². The predicted octanol–water partition coefficient (Wildman–Crippen LogP) is 2.64. The second kappa shape index (κ2) is 8.72. The lowest BCUT2D eigenvalue weighted by atomic mass is 9.73. The summed E-state index contributed by atoms with van der Waals surface area (Å²) in [7, 11) is 0. The lowest BCUT2D eigenvalue weighted by molar-refractivity contribution is 0.128. The summed E-state index contributed by atoms with van der Waals surface area (Å²) in [6.45, 7) is 8.22. The Kier molecular flexibility index (Phi) is 6.53. The van der Waals surface area contributed by atoms with Crippen LogP contribution in [0.3, 0.4) is 0 Å². The normalized spacial score (nSPS) is 24.7. The second-order valence-corrected chi connectivity index (χ2v) is 8.65. The van der Waals surface area contributed by atoms with Gasteiger partial charge in [-0.3, -0.25) is 16.3 Å². The van der Waals surface area contributed by atoms with Gasteiger partial charge < -0.3 is 16.0 Å². The molecule has 0 saturated carbocycles. The monoisotopic (exact) mass is 384 g/mol. The fraction of sp³-hybridized carbons (Fsp3) is 0.636. The average Bonchev–Trinajstić information content (AvgIpc) is 2.99. The number of nitrogens with one attached hydrogen (secondary N) is 2. The van der Waals surface area contributed by atoms with E-state index in [-0.39, 0.29) is 23.5 Å². The summed E-state index contributed by atoms with van der Waals surface area (Å²) < 4.78 is 0. The minimum absolute atomic E-state index is 0.0189. The Hall–Kier alpha value is -1.76. The highest BCUT2D eigenvalue weighted by Gasteiger charge is 2.46. The molecule has 1 fully saturated rings. The number of hydrogen-bond acceptors (Lipinski definition) is 5. The van der Waals surface area contributed by atoms with Gasteiger partial charge in [0.2, 0.25) is 0 Å². The number of nitrogens with zero attached hydrogens (tertiary/aromatic N) is 2. The maximum atomic E-state index is 7.91. The number of hydrogen-bond donors (Lipinski definition) is 4. The Morgan fingerprint density at radius 3 is 2.61 bits per heavy atom. The van der Waals surface area contributed by atoms with E-state index in [1.807, 2.05) is 0 Å². The molecule has 0 aromatic heterocycles. The van der Waals surface area contributed by atoms with Crippen molar-refractivity contribution in [2.45, 2.75) is 64.6 Å². The van der Waals surface area contributed by atoms with E-state index in [2.05, 4.69) is 55.4 Å². The highest BCUT2D eigenvalue weighted by atomic mass is 15.3. The highest BCUT2D eigenvalue weighted by Crippen LogP contribution is 2.50. The lowest BCUT2D eigenvalue weighted by Crippen LogP contribution is -2.49. The van der Waals surface area contributed by atoms with Crippen molar-refractivity contribution in [1.29, 1.82) is 5.41 Å². The molecule has 3 rings (SSSR count). The molecule has 154 valence electrons. The smallest absolute Gasteiger partial charge is 0.141 e. The first-order valence-corrected chi connectivity index (χ1v) is 10.6. The molecule has 1 spiro atoms. The standard InChI is InChI=1S/C22H36N6/c1-4-15(2)20(27-25)16(3)26-19(14-23)28-11-9-22(10-12-28)13-17-7-5-6-8-18(17)21(22)24/h5-8,14-16,20-21,23,27H,4,9-13,24-25H2,1-3H3/b23-14?,26-19+/t15-,16?,20+,21+/m0/s1. The van der Waals surface area contributed by atoms with Gasteiger partial charge in [0.1, 0.15) is 5.84 Å². The zero-order valence-corrected chi connectivity index (χ0v) is 17.5. The van der Waals surface area contributed by atoms with Crippen LogP contribution in [0.5, 0.6) is 0 Å². The molecule has 6 N–H and O–H groups in total. The fourth-order valence-corrected chi connectivity index (χ4v) is 5.02. The van der Waals surface area contributed by atoms with Gasteiger partial charge in [-0.2, -0.15) is 0 Å². The zero-order chi connectivity index (χ0) is 20.3. The van der Waals surface area contributed by atoms with Crippen LogP contribution in [0.4, 0.5) is 0 Å². The molecule has 0 radical (unpaired) electrons. The summed E-state index contributed by atoms with van der Waals surface area (Å²) >= 11 is 0. The SMILES string of the molecule is CC[C@H](C)[C@@H](NN)C(C)/N=C(\C=N)N1CCC2(CC1)Cc1ccccc1[C@H]2N. The van der Waals surface area contributed by atoms with E-state index in [1.165, 1.54) is 17.3 Å². The molecule has 2 aliphatic rings. The van der Waals surface area contributed by atoms with Gasteiger partial charge in [0.25, 0.3) is 0 Å². The number of hydrazine groups is 1. The molecule has 0 amide bonds. The van der Waals surface area contributed by atoms with Crippen molar-refractivity contribution in [3.05, 3.63) is 35.4 Å². The topological polar surface area (TPSA) is 104 Å². The van der Waals surface area contributed by atoms with Gasteiger partial charge in [-0.05, 0) is 48.6 Å². The summed E-state index contributed by atoms with van der Waals surface area (Å²) in [5, 5.41) is 7.91. The van der Waals surface area contributed by atoms with Gasteiger partial charge in [0.05, 0.1) is 12.3 Å². The molecule has 0 bridgehead atoms. The highest BCUT2D eigenvalue weighted by molar-refractivity contribution is 6.28. The van der Waals surface area contributed by atoms with E-state index in [0.29, 0.717) is 5.92 Å². The molecule has 4 atom stereocenters. The fourth-order valence-electron chi connectivity index (χ4n) is 5.02. The molecular weight excluding hydrogens is 348 g/mol. The van der Waals surface area contributed by atoms with E-state index < -0.39 is 0 Å². The van der Waals surface area contributed by atoms with Crippen LogP contribution >= 0.6 is 0 Å². The maximum Gasteiger partial charge on any atom is 0.141 e. The molecule has 1 unspecified atom stereocenters. The van der Waals surface area contributed by atoms with Gasteiger partial charge in [-0.25, -0.2) is 0 Å². The van der Waals surface area contributed by atoms with E-state index in [9.17, 15) is 0 Å². The number of aliphatic imine (C=N–C) groups is 1. The molecule has 1 aromatic rings. The van der Waals surface area contributed by atoms with Crippen LogP contribution in [0.15, 0.2) is 29.3 Å². The summed E-state index contributed by atoms with van der Waals surface area (Å²) in [5.74, 6) is 6.96. The van der Waals surface area contributed by atoms with Crippen LogP contribution in [0.2, 0.25) is 0 Å². The van der Waals surface area contributed by atoms with Crippen LogP contribution in [0.25, 0.3) is 0 Å². The first kappa shape index (κ1) is 21.0. The van der Waals surface area contributed by atoms with Crippen LogP contribution in [0.1, 0.15) is 57.2 Å². The van der Waals surface area contributed by atoms with E-state index in [4.69, 9.17) is 22.0 Å². The van der Waals surface area contributed by atoms with Crippen molar-refractivity contribution in [3.63, 3.8) is 0 Å². The number of nitrogens with two attached hydrogens (primary N) is 2. The number of rotatable bonds is 6. The third-order valence-corrected chi connectivity index (χ3v) is 7.11. The van der Waals surface area contributed by atoms with E-state index in [1.54, 1.807) is 0 Å². The first-order valence-electron chi connectivity index (χ1n) is 10.6. The third-order valence-electron chi connectivity index (χ3n) is 7.11. The summed E-state index contributed by atoms with van der Waals surface area (Å²) in [6.07, 6.45) is 5.57. The average molecular weight is 385 g/mol. The Bertz CT molecular complexity index is 707. The molecular formula is C22H36N6. The lowest BCUT2D eigenvalue weighted by Gasteiger charge is -2.43. The van der Waals surface area contributed by atoms with Crippen LogP contribution < -0.4 is 17.0 Å². The number of benzene rings is 1. The molecule has 1 aromatic carbocycles. The van der Waals surface area contributed by atoms with Crippen molar-refractivity contribution in [1.82, 2.24) is 10.3 Å². The van der Waals surface area contributed by atoms with Gasteiger partial charge in [-0.15, -0.1) is 0 Å².